The van der Waals surface area contributed by atoms with Gasteiger partial charge in [0.2, 0.25) is 0 Å². The maximum atomic E-state index is 5.10. The fraction of sp³-hybridized carbons (Fsp3) is 0.556. The first-order valence-corrected chi connectivity index (χ1v) is 4.36. The van der Waals surface area contributed by atoms with E-state index in [-0.39, 0.29) is 0 Å². The largest absolute Gasteiger partial charge is 0.495 e. The van der Waals surface area contributed by atoms with Crippen LogP contribution in [0.4, 0.5) is 0 Å². The average Bonchev–Trinajstić information content (AvgIpc) is 2.75. The molecule has 0 unspecified atom stereocenters. The normalized spacial score (nSPS) is 22.9. The first-order valence-electron chi connectivity index (χ1n) is 4.36. The number of rotatable bonds is 2. The van der Waals surface area contributed by atoms with Crippen LogP contribution in [0.25, 0.3) is 0 Å². The van der Waals surface area contributed by atoms with Crippen LogP contribution in [0.1, 0.15) is 24.6 Å². The number of hydrogen-bond donors (Lipinski definition) is 2. The summed E-state index contributed by atoms with van der Waals surface area (Å²) in [5.74, 6) is 0.915. The van der Waals surface area contributed by atoms with Crippen molar-refractivity contribution in [1.29, 1.82) is 0 Å². The molecule has 1 aliphatic heterocycles. The number of H-pyrrole nitrogens is 1. The lowest BCUT2D eigenvalue weighted by molar-refractivity contribution is 0.415. The van der Waals surface area contributed by atoms with E-state index in [9.17, 15) is 0 Å². The molecule has 0 aromatic carbocycles. The van der Waals surface area contributed by atoms with Gasteiger partial charge >= 0.3 is 0 Å². The van der Waals surface area contributed by atoms with E-state index in [2.05, 4.69) is 16.4 Å². The van der Waals surface area contributed by atoms with Crippen LogP contribution in [0.3, 0.4) is 0 Å². The van der Waals surface area contributed by atoms with Crippen LogP contribution in [-0.2, 0) is 0 Å². The Labute approximate surface area is 72.1 Å². The second-order valence-corrected chi connectivity index (χ2v) is 3.14. The van der Waals surface area contributed by atoms with Crippen LogP contribution >= 0.6 is 0 Å². The molecule has 0 saturated carbocycles. The first kappa shape index (κ1) is 7.68. The molecule has 2 N–H and O–H groups in total. The lowest BCUT2D eigenvalue weighted by atomic mass is 10.2. The molecule has 3 heteroatoms. The lowest BCUT2D eigenvalue weighted by Gasteiger charge is -2.05. The zero-order valence-electron chi connectivity index (χ0n) is 7.26. The smallest absolute Gasteiger partial charge is 0.136 e. The minimum absolute atomic E-state index is 0.508. The zero-order chi connectivity index (χ0) is 8.39. The van der Waals surface area contributed by atoms with Crippen LogP contribution < -0.4 is 10.1 Å². The molecule has 1 atom stereocenters. The summed E-state index contributed by atoms with van der Waals surface area (Å²) in [6.07, 6.45) is 4.39. The SMILES string of the molecule is COc1c[nH]c([C@H]2CCCN2)c1. The number of hydrogen-bond acceptors (Lipinski definition) is 2. The highest BCUT2D eigenvalue weighted by Gasteiger charge is 2.17. The zero-order valence-corrected chi connectivity index (χ0v) is 7.26. The van der Waals surface area contributed by atoms with E-state index >= 15 is 0 Å². The van der Waals surface area contributed by atoms with E-state index < -0.39 is 0 Å². The Balaban J connectivity index is 2.11. The van der Waals surface area contributed by atoms with Gasteiger partial charge in [-0.25, -0.2) is 0 Å². The molecule has 1 aliphatic rings. The highest BCUT2D eigenvalue weighted by atomic mass is 16.5. The van der Waals surface area contributed by atoms with Crippen LogP contribution in [0.15, 0.2) is 12.3 Å². The molecular weight excluding hydrogens is 152 g/mol. The van der Waals surface area contributed by atoms with Crippen LogP contribution in [-0.4, -0.2) is 18.6 Å². The summed E-state index contributed by atoms with van der Waals surface area (Å²) in [7, 11) is 1.69. The van der Waals surface area contributed by atoms with E-state index in [0.717, 1.165) is 12.3 Å². The Morgan fingerprint density at radius 2 is 2.50 bits per heavy atom. The summed E-state index contributed by atoms with van der Waals surface area (Å²) >= 11 is 0. The molecule has 1 saturated heterocycles. The maximum absolute atomic E-state index is 5.10. The predicted octanol–water partition coefficient (Wildman–Crippen LogP) is 1.45. The van der Waals surface area contributed by atoms with Gasteiger partial charge in [-0.15, -0.1) is 0 Å². The van der Waals surface area contributed by atoms with Crippen molar-refractivity contribution in [3.63, 3.8) is 0 Å². The Bertz CT molecular complexity index is 251. The first-order chi connectivity index (χ1) is 5.90. The Morgan fingerprint density at radius 1 is 1.58 bits per heavy atom. The molecule has 2 heterocycles. The molecule has 1 aromatic heterocycles. The third kappa shape index (κ3) is 1.32. The van der Waals surface area contributed by atoms with Crippen molar-refractivity contribution < 1.29 is 4.74 Å². The molecule has 66 valence electrons. The minimum Gasteiger partial charge on any atom is -0.495 e. The van der Waals surface area contributed by atoms with Crippen molar-refractivity contribution in [3.05, 3.63) is 18.0 Å². The third-order valence-corrected chi connectivity index (χ3v) is 2.35. The number of aromatic nitrogens is 1. The summed E-state index contributed by atoms with van der Waals surface area (Å²) in [6, 6.07) is 2.57. The maximum Gasteiger partial charge on any atom is 0.136 e. The highest BCUT2D eigenvalue weighted by molar-refractivity contribution is 5.25. The van der Waals surface area contributed by atoms with Gasteiger partial charge in [-0.2, -0.15) is 0 Å². The van der Waals surface area contributed by atoms with E-state index in [1.165, 1.54) is 18.5 Å². The molecule has 0 spiro atoms. The molecule has 0 bridgehead atoms. The molecule has 3 nitrogen and oxygen atoms in total. The third-order valence-electron chi connectivity index (χ3n) is 2.35. The molecule has 1 fully saturated rings. The van der Waals surface area contributed by atoms with Crippen molar-refractivity contribution in [1.82, 2.24) is 10.3 Å². The fourth-order valence-electron chi connectivity index (χ4n) is 1.66. The molecule has 0 aliphatic carbocycles. The van der Waals surface area contributed by atoms with Crippen LogP contribution in [0, 0.1) is 0 Å². The molecule has 0 radical (unpaired) electrons. The molecule has 1 aromatic rings. The number of methoxy groups -OCH3 is 1. The summed E-state index contributed by atoms with van der Waals surface area (Å²) in [6.45, 7) is 1.13. The number of nitrogens with one attached hydrogen (secondary N) is 2. The fourth-order valence-corrected chi connectivity index (χ4v) is 1.66. The Kier molecular flexibility index (Phi) is 2.04. The van der Waals surface area contributed by atoms with Gasteiger partial charge in [0.25, 0.3) is 0 Å². The summed E-state index contributed by atoms with van der Waals surface area (Å²) in [5, 5.41) is 3.42. The van der Waals surface area contributed by atoms with E-state index in [1.807, 2.05) is 6.20 Å². The Morgan fingerprint density at radius 3 is 3.08 bits per heavy atom. The van der Waals surface area contributed by atoms with Crippen LogP contribution in [0.5, 0.6) is 5.75 Å². The predicted molar refractivity (Wildman–Crippen MR) is 47.3 cm³/mol. The highest BCUT2D eigenvalue weighted by Crippen LogP contribution is 2.24. The number of aromatic amines is 1. The number of ether oxygens (including phenoxy) is 1. The van der Waals surface area contributed by atoms with Crippen LogP contribution in [0.2, 0.25) is 0 Å². The van der Waals surface area contributed by atoms with Gasteiger partial charge in [0.1, 0.15) is 5.75 Å². The molecule has 2 rings (SSSR count). The van der Waals surface area contributed by atoms with Crippen molar-refractivity contribution in [2.24, 2.45) is 0 Å². The van der Waals surface area contributed by atoms with Crippen molar-refractivity contribution in [2.45, 2.75) is 18.9 Å². The van der Waals surface area contributed by atoms with Gasteiger partial charge in [-0.05, 0) is 19.4 Å². The minimum atomic E-state index is 0.508. The monoisotopic (exact) mass is 166 g/mol. The topological polar surface area (TPSA) is 37.0 Å². The average molecular weight is 166 g/mol. The van der Waals surface area contributed by atoms with Crippen molar-refractivity contribution in [2.75, 3.05) is 13.7 Å². The van der Waals surface area contributed by atoms with Crippen molar-refractivity contribution in [3.8, 4) is 5.75 Å². The van der Waals surface area contributed by atoms with E-state index in [0.29, 0.717) is 6.04 Å². The van der Waals surface area contributed by atoms with Gasteiger partial charge in [0.05, 0.1) is 7.11 Å². The van der Waals surface area contributed by atoms with Gasteiger partial charge in [0, 0.05) is 24.0 Å². The van der Waals surface area contributed by atoms with Gasteiger partial charge in [0.15, 0.2) is 0 Å². The Hall–Kier alpha value is -0.960. The van der Waals surface area contributed by atoms with E-state index in [1.54, 1.807) is 7.11 Å². The summed E-state index contributed by atoms with van der Waals surface area (Å²) in [5.41, 5.74) is 1.24. The molecular formula is C9H14N2O. The van der Waals surface area contributed by atoms with Gasteiger partial charge in [-0.1, -0.05) is 0 Å². The second kappa shape index (κ2) is 3.19. The standard InChI is InChI=1S/C9H14N2O/c1-12-7-5-9(11-6-7)8-3-2-4-10-8/h5-6,8,10-11H,2-4H2,1H3/t8-/m1/s1. The summed E-state index contributed by atoms with van der Waals surface area (Å²) < 4.78 is 5.10. The summed E-state index contributed by atoms with van der Waals surface area (Å²) in [4.78, 5) is 3.21. The second-order valence-electron chi connectivity index (χ2n) is 3.14. The van der Waals surface area contributed by atoms with E-state index in [4.69, 9.17) is 4.74 Å². The lowest BCUT2D eigenvalue weighted by Crippen LogP contribution is -2.12. The van der Waals surface area contributed by atoms with Crippen molar-refractivity contribution >= 4 is 0 Å². The molecule has 12 heavy (non-hydrogen) atoms. The quantitative estimate of drug-likeness (QED) is 0.697. The van der Waals surface area contributed by atoms with Gasteiger partial charge in [-0.3, -0.25) is 0 Å². The molecule has 0 amide bonds. The van der Waals surface area contributed by atoms with Gasteiger partial charge < -0.3 is 15.0 Å².